The highest BCUT2D eigenvalue weighted by Crippen LogP contribution is 2.39. The molecule has 0 bridgehead atoms. The van der Waals surface area contributed by atoms with E-state index in [4.69, 9.17) is 17.3 Å². The normalized spacial score (nSPS) is 24.1. The summed E-state index contributed by atoms with van der Waals surface area (Å²) in [5, 5.41) is 0.564. The number of benzene rings is 1. The molecule has 1 atom stereocenters. The molecule has 1 aliphatic rings. The minimum Gasteiger partial charge on any atom is -0.369 e. The smallest absolute Gasteiger partial charge is 0.231 e. The highest BCUT2D eigenvalue weighted by molar-refractivity contribution is 9.10. The summed E-state index contributed by atoms with van der Waals surface area (Å²) in [6, 6.07) is 5.58. The third-order valence-corrected chi connectivity index (χ3v) is 4.40. The van der Waals surface area contributed by atoms with E-state index in [9.17, 15) is 4.79 Å². The van der Waals surface area contributed by atoms with Gasteiger partial charge in [0, 0.05) is 11.5 Å². The average molecular weight is 331 g/mol. The van der Waals surface area contributed by atoms with E-state index in [1.807, 2.05) is 25.1 Å². The number of carbonyl (C=O) groups excluding carboxylic acids is 1. The van der Waals surface area contributed by atoms with E-state index in [1.165, 1.54) is 4.90 Å². The first kappa shape index (κ1) is 13.4. The summed E-state index contributed by atoms with van der Waals surface area (Å²) in [5.74, 6) is 0.144. The van der Waals surface area contributed by atoms with Crippen molar-refractivity contribution in [2.45, 2.75) is 18.9 Å². The van der Waals surface area contributed by atoms with Gasteiger partial charge in [-0.15, -0.1) is 0 Å². The maximum absolute atomic E-state index is 11.9. The van der Waals surface area contributed by atoms with E-state index < -0.39 is 5.54 Å². The Morgan fingerprint density at radius 2 is 2.22 bits per heavy atom. The number of halogens is 2. The topological polar surface area (TPSA) is 58.7 Å². The van der Waals surface area contributed by atoms with Crippen LogP contribution in [0.4, 0.5) is 0 Å². The van der Waals surface area contributed by atoms with Gasteiger partial charge in [0.25, 0.3) is 0 Å². The lowest BCUT2D eigenvalue weighted by Crippen LogP contribution is -2.47. The molecule has 1 unspecified atom stereocenters. The number of hydrogen-bond acceptors (Lipinski definition) is 3. The van der Waals surface area contributed by atoms with E-state index in [0.29, 0.717) is 5.02 Å². The molecule has 18 heavy (non-hydrogen) atoms. The molecule has 1 aromatic rings. The second-order valence-electron chi connectivity index (χ2n) is 4.47. The van der Waals surface area contributed by atoms with Gasteiger partial charge in [0.1, 0.15) is 0 Å². The Bertz CT molecular complexity index is 546. The summed E-state index contributed by atoms with van der Waals surface area (Å²) in [5.41, 5.74) is 5.85. The summed E-state index contributed by atoms with van der Waals surface area (Å²) in [6.45, 7) is 1.86. The monoisotopic (exact) mass is 329 g/mol. The van der Waals surface area contributed by atoms with Crippen LogP contribution >= 0.6 is 27.5 Å². The molecule has 0 radical (unpaired) electrons. The summed E-state index contributed by atoms with van der Waals surface area (Å²) >= 11 is 9.64. The molecule has 0 fully saturated rings. The second kappa shape index (κ2) is 4.55. The van der Waals surface area contributed by atoms with Crippen LogP contribution in [0.5, 0.6) is 0 Å². The van der Waals surface area contributed by atoms with Crippen molar-refractivity contribution in [2.75, 3.05) is 7.05 Å². The summed E-state index contributed by atoms with van der Waals surface area (Å²) in [4.78, 5) is 17.7. The number of carbonyl (C=O) groups is 1. The van der Waals surface area contributed by atoms with E-state index in [0.717, 1.165) is 10.0 Å². The number of hydrogen-bond donors (Lipinski definition) is 1. The van der Waals surface area contributed by atoms with Gasteiger partial charge in [0.2, 0.25) is 5.91 Å². The first-order chi connectivity index (χ1) is 8.35. The zero-order valence-electron chi connectivity index (χ0n) is 10.1. The van der Waals surface area contributed by atoms with Crippen LogP contribution in [0.1, 0.15) is 18.9 Å². The maximum Gasteiger partial charge on any atom is 0.231 e. The van der Waals surface area contributed by atoms with Gasteiger partial charge in [-0.25, -0.2) is 4.99 Å². The molecule has 1 amide bonds. The number of rotatable bonds is 1. The third-order valence-electron chi connectivity index (χ3n) is 3.11. The first-order valence-corrected chi connectivity index (χ1v) is 6.58. The Morgan fingerprint density at radius 3 is 2.83 bits per heavy atom. The Morgan fingerprint density at radius 1 is 1.56 bits per heavy atom. The molecule has 0 saturated carbocycles. The average Bonchev–Trinajstić information content (AvgIpc) is 2.29. The molecular weight excluding hydrogens is 318 g/mol. The van der Waals surface area contributed by atoms with Crippen molar-refractivity contribution < 1.29 is 4.79 Å². The van der Waals surface area contributed by atoms with Crippen molar-refractivity contribution in [1.82, 2.24) is 4.90 Å². The molecule has 1 aliphatic heterocycles. The minimum atomic E-state index is -0.714. The fraction of sp³-hybridized carbons (Fsp3) is 0.333. The molecule has 0 aliphatic carbocycles. The summed E-state index contributed by atoms with van der Waals surface area (Å²) in [6.07, 6.45) is 0.250. The standard InChI is InChI=1S/C12H13BrClN3O/c1-12(6-9(18)17(2)11(15)16-12)7-4-3-5-8(13)10(7)14/h3-5H,6H2,1-2H3,(H2,15,16). The number of nitrogens with two attached hydrogens (primary N) is 1. The van der Waals surface area contributed by atoms with E-state index in [1.54, 1.807) is 7.05 Å². The maximum atomic E-state index is 11.9. The fourth-order valence-electron chi connectivity index (χ4n) is 1.98. The van der Waals surface area contributed by atoms with E-state index in [2.05, 4.69) is 20.9 Å². The fourth-order valence-corrected chi connectivity index (χ4v) is 2.68. The van der Waals surface area contributed by atoms with Gasteiger partial charge in [0.05, 0.1) is 17.0 Å². The molecule has 1 heterocycles. The van der Waals surface area contributed by atoms with Crippen molar-refractivity contribution in [2.24, 2.45) is 10.7 Å². The number of guanidine groups is 1. The number of nitrogens with zero attached hydrogens (tertiary/aromatic N) is 2. The van der Waals surface area contributed by atoms with Crippen LogP contribution in [0, 0.1) is 0 Å². The molecule has 2 N–H and O–H groups in total. The highest BCUT2D eigenvalue weighted by Gasteiger charge is 2.37. The predicted octanol–water partition coefficient (Wildman–Crippen LogP) is 2.49. The summed E-state index contributed by atoms with van der Waals surface area (Å²) in [7, 11) is 1.61. The predicted molar refractivity (Wildman–Crippen MR) is 75.5 cm³/mol. The Balaban J connectivity index is 2.56. The Labute approximate surface area is 119 Å². The second-order valence-corrected chi connectivity index (χ2v) is 5.71. The van der Waals surface area contributed by atoms with Gasteiger partial charge in [-0.05, 0) is 34.5 Å². The van der Waals surface area contributed by atoms with Gasteiger partial charge in [0.15, 0.2) is 5.96 Å². The lowest BCUT2D eigenvalue weighted by molar-refractivity contribution is -0.128. The lowest BCUT2D eigenvalue weighted by atomic mass is 9.87. The lowest BCUT2D eigenvalue weighted by Gasteiger charge is -2.34. The molecule has 1 aromatic carbocycles. The highest BCUT2D eigenvalue weighted by atomic mass is 79.9. The van der Waals surface area contributed by atoms with Crippen LogP contribution in [0.2, 0.25) is 5.02 Å². The van der Waals surface area contributed by atoms with Gasteiger partial charge in [-0.3, -0.25) is 9.69 Å². The van der Waals surface area contributed by atoms with E-state index >= 15 is 0 Å². The number of aliphatic imine (C=N–C) groups is 1. The van der Waals surface area contributed by atoms with E-state index in [-0.39, 0.29) is 18.3 Å². The molecule has 2 rings (SSSR count). The van der Waals surface area contributed by atoms with Crippen LogP contribution in [0.3, 0.4) is 0 Å². The molecule has 0 saturated heterocycles. The molecule has 4 nitrogen and oxygen atoms in total. The van der Waals surface area contributed by atoms with Crippen molar-refractivity contribution in [1.29, 1.82) is 0 Å². The van der Waals surface area contributed by atoms with Crippen molar-refractivity contribution in [3.05, 3.63) is 33.3 Å². The van der Waals surface area contributed by atoms with Crippen molar-refractivity contribution in [3.8, 4) is 0 Å². The molecular formula is C12H13BrClN3O. The largest absolute Gasteiger partial charge is 0.369 e. The number of amides is 1. The van der Waals surface area contributed by atoms with Crippen LogP contribution in [0.25, 0.3) is 0 Å². The first-order valence-electron chi connectivity index (χ1n) is 5.41. The van der Waals surface area contributed by atoms with Crippen molar-refractivity contribution >= 4 is 39.4 Å². The Kier molecular flexibility index (Phi) is 3.38. The van der Waals surface area contributed by atoms with Gasteiger partial charge in [-0.1, -0.05) is 23.7 Å². The van der Waals surface area contributed by atoms with Crippen molar-refractivity contribution in [3.63, 3.8) is 0 Å². The molecule has 0 aromatic heterocycles. The Hall–Kier alpha value is -1.07. The molecule has 0 spiro atoms. The van der Waals surface area contributed by atoms with Gasteiger partial charge in [-0.2, -0.15) is 0 Å². The molecule has 6 heteroatoms. The van der Waals surface area contributed by atoms with Gasteiger partial charge < -0.3 is 5.73 Å². The van der Waals surface area contributed by atoms with Crippen LogP contribution in [0.15, 0.2) is 27.7 Å². The zero-order valence-corrected chi connectivity index (χ0v) is 12.4. The third kappa shape index (κ3) is 2.12. The zero-order chi connectivity index (χ0) is 13.5. The quantitative estimate of drug-likeness (QED) is 0.860. The minimum absolute atomic E-state index is 0.0685. The molecule has 96 valence electrons. The van der Waals surface area contributed by atoms with Crippen LogP contribution < -0.4 is 5.73 Å². The van der Waals surface area contributed by atoms with Gasteiger partial charge >= 0.3 is 0 Å². The SMILES string of the molecule is CN1C(=O)CC(C)(c2cccc(Br)c2Cl)N=C1N. The van der Waals surface area contributed by atoms with Crippen LogP contribution in [-0.2, 0) is 10.3 Å². The summed E-state index contributed by atoms with van der Waals surface area (Å²) < 4.78 is 0.781. The van der Waals surface area contributed by atoms with Crippen LogP contribution in [-0.4, -0.2) is 23.8 Å².